The molecule has 4 nitrogen and oxygen atoms in total. The summed E-state index contributed by atoms with van der Waals surface area (Å²) >= 11 is 6.53. The van der Waals surface area contributed by atoms with Crippen molar-refractivity contribution >= 4 is 11.6 Å². The highest BCUT2D eigenvalue weighted by molar-refractivity contribution is 6.31. The van der Waals surface area contributed by atoms with E-state index in [1.165, 1.54) is 24.9 Å². The van der Waals surface area contributed by atoms with Gasteiger partial charge in [-0.1, -0.05) is 48.9 Å². The molecule has 0 spiro atoms. The number of hydrogen-bond acceptors (Lipinski definition) is 3. The zero-order valence-electron chi connectivity index (χ0n) is 15.3. The van der Waals surface area contributed by atoms with Gasteiger partial charge >= 0.3 is 0 Å². The molecule has 3 rings (SSSR count). The highest BCUT2D eigenvalue weighted by Crippen LogP contribution is 2.22. The smallest absolute Gasteiger partial charge is 0.0863 e. The van der Waals surface area contributed by atoms with Crippen LogP contribution in [0.4, 0.5) is 0 Å². The SMILES string of the molecule is CCc1nn(CC)c(CNC2CCCN(Cc3ccccc3)C2)c1Cl. The molecule has 1 N–H and O–H groups in total. The lowest BCUT2D eigenvalue weighted by atomic mass is 10.0. The average Bonchev–Trinajstić information content (AvgIpc) is 2.96. The van der Waals surface area contributed by atoms with Crippen molar-refractivity contribution in [2.75, 3.05) is 13.1 Å². The van der Waals surface area contributed by atoms with Crippen molar-refractivity contribution in [3.05, 3.63) is 52.3 Å². The van der Waals surface area contributed by atoms with Crippen LogP contribution in [-0.2, 0) is 26.1 Å². The van der Waals surface area contributed by atoms with Crippen LogP contribution in [-0.4, -0.2) is 33.8 Å². The van der Waals surface area contributed by atoms with Gasteiger partial charge in [-0.3, -0.25) is 9.58 Å². The Morgan fingerprint density at radius 3 is 2.76 bits per heavy atom. The van der Waals surface area contributed by atoms with Gasteiger partial charge in [-0.15, -0.1) is 0 Å². The molecule has 1 aromatic heterocycles. The number of nitrogens with one attached hydrogen (secondary N) is 1. The Morgan fingerprint density at radius 1 is 1.24 bits per heavy atom. The van der Waals surface area contributed by atoms with Gasteiger partial charge in [0.05, 0.1) is 16.4 Å². The Balaban J connectivity index is 1.57. The molecule has 1 aromatic carbocycles. The summed E-state index contributed by atoms with van der Waals surface area (Å²) < 4.78 is 2.04. The van der Waals surface area contributed by atoms with E-state index in [9.17, 15) is 0 Å². The van der Waals surface area contributed by atoms with Crippen LogP contribution in [0.25, 0.3) is 0 Å². The van der Waals surface area contributed by atoms with Gasteiger partial charge in [0.15, 0.2) is 0 Å². The molecule has 0 aliphatic carbocycles. The Labute approximate surface area is 156 Å². The summed E-state index contributed by atoms with van der Waals surface area (Å²) in [6.45, 7) is 9.19. The number of hydrogen-bond donors (Lipinski definition) is 1. The Bertz CT molecular complexity index is 668. The minimum absolute atomic E-state index is 0.513. The van der Waals surface area contributed by atoms with Crippen molar-refractivity contribution in [3.8, 4) is 0 Å². The molecule has 0 saturated carbocycles. The number of aromatic nitrogens is 2. The van der Waals surface area contributed by atoms with E-state index in [-0.39, 0.29) is 0 Å². The molecule has 1 aliphatic heterocycles. The number of benzene rings is 1. The molecule has 1 fully saturated rings. The third-order valence-electron chi connectivity index (χ3n) is 5.01. The zero-order chi connectivity index (χ0) is 17.6. The number of nitrogens with zero attached hydrogens (tertiary/aromatic N) is 3. The van der Waals surface area contributed by atoms with Crippen LogP contribution in [0.5, 0.6) is 0 Å². The molecule has 5 heteroatoms. The standard InChI is InChI=1S/C20H29ClN4/c1-3-18-20(21)19(25(4-2)23-18)13-22-17-11-8-12-24(15-17)14-16-9-6-5-7-10-16/h5-7,9-10,17,22H,3-4,8,11-15H2,1-2H3. The number of likely N-dealkylation sites (tertiary alicyclic amines) is 1. The van der Waals surface area contributed by atoms with Crippen LogP contribution in [0.3, 0.4) is 0 Å². The molecule has 0 radical (unpaired) electrons. The third-order valence-corrected chi connectivity index (χ3v) is 5.44. The van der Waals surface area contributed by atoms with Crippen molar-refractivity contribution in [1.82, 2.24) is 20.0 Å². The molecule has 25 heavy (non-hydrogen) atoms. The number of aryl methyl sites for hydroxylation is 2. The van der Waals surface area contributed by atoms with Gasteiger partial charge < -0.3 is 5.32 Å². The fourth-order valence-corrected chi connectivity index (χ4v) is 3.97. The van der Waals surface area contributed by atoms with Gasteiger partial charge in [-0.2, -0.15) is 5.10 Å². The van der Waals surface area contributed by atoms with Gasteiger partial charge in [-0.25, -0.2) is 0 Å². The summed E-state index contributed by atoms with van der Waals surface area (Å²) in [6.07, 6.45) is 3.35. The van der Waals surface area contributed by atoms with Gasteiger partial charge in [0, 0.05) is 32.2 Å². The highest BCUT2D eigenvalue weighted by Gasteiger charge is 2.21. The van der Waals surface area contributed by atoms with Crippen molar-refractivity contribution in [2.45, 2.75) is 58.8 Å². The first-order valence-corrected chi connectivity index (χ1v) is 9.82. The first-order chi connectivity index (χ1) is 12.2. The van der Waals surface area contributed by atoms with Gasteiger partial charge in [0.2, 0.25) is 0 Å². The molecule has 1 atom stereocenters. The molecule has 2 aromatic rings. The van der Waals surface area contributed by atoms with E-state index in [1.54, 1.807) is 0 Å². The topological polar surface area (TPSA) is 33.1 Å². The van der Waals surface area contributed by atoms with E-state index in [2.05, 4.69) is 59.5 Å². The first kappa shape index (κ1) is 18.4. The largest absolute Gasteiger partial charge is 0.307 e. The second-order valence-corrected chi connectivity index (χ2v) is 7.20. The average molecular weight is 361 g/mol. The fraction of sp³-hybridized carbons (Fsp3) is 0.550. The molecule has 0 bridgehead atoms. The second-order valence-electron chi connectivity index (χ2n) is 6.82. The summed E-state index contributed by atoms with van der Waals surface area (Å²) in [5.41, 5.74) is 3.53. The van der Waals surface area contributed by atoms with Gasteiger partial charge in [-0.05, 0) is 38.3 Å². The predicted molar refractivity (Wildman–Crippen MR) is 104 cm³/mol. The maximum absolute atomic E-state index is 6.53. The van der Waals surface area contributed by atoms with Crippen LogP contribution < -0.4 is 5.32 Å². The molecule has 0 amide bonds. The molecule has 136 valence electrons. The van der Waals surface area contributed by atoms with E-state index >= 15 is 0 Å². The summed E-state index contributed by atoms with van der Waals surface area (Å²) in [5.74, 6) is 0. The zero-order valence-corrected chi connectivity index (χ0v) is 16.1. The van der Waals surface area contributed by atoms with Crippen LogP contribution in [0.1, 0.15) is 43.6 Å². The maximum atomic E-state index is 6.53. The van der Waals surface area contributed by atoms with Crippen molar-refractivity contribution in [3.63, 3.8) is 0 Å². The van der Waals surface area contributed by atoms with Gasteiger partial charge in [0.1, 0.15) is 0 Å². The fourth-order valence-electron chi connectivity index (χ4n) is 3.63. The van der Waals surface area contributed by atoms with E-state index in [0.29, 0.717) is 6.04 Å². The molecular weight excluding hydrogens is 332 g/mol. The quantitative estimate of drug-likeness (QED) is 0.813. The minimum Gasteiger partial charge on any atom is -0.307 e. The summed E-state index contributed by atoms with van der Waals surface area (Å²) in [6, 6.07) is 11.3. The molecular formula is C20H29ClN4. The lowest BCUT2D eigenvalue weighted by Gasteiger charge is -2.33. The highest BCUT2D eigenvalue weighted by atomic mass is 35.5. The van der Waals surface area contributed by atoms with E-state index in [1.807, 2.05) is 4.68 Å². The van der Waals surface area contributed by atoms with Crippen molar-refractivity contribution in [1.29, 1.82) is 0 Å². The minimum atomic E-state index is 0.513. The van der Waals surface area contributed by atoms with Crippen LogP contribution in [0.15, 0.2) is 30.3 Å². The third kappa shape index (κ3) is 4.63. The maximum Gasteiger partial charge on any atom is 0.0863 e. The van der Waals surface area contributed by atoms with E-state index in [4.69, 9.17) is 11.6 Å². The predicted octanol–water partition coefficient (Wildman–Crippen LogP) is 3.87. The van der Waals surface area contributed by atoms with Crippen molar-refractivity contribution in [2.24, 2.45) is 0 Å². The normalized spacial score (nSPS) is 18.6. The first-order valence-electron chi connectivity index (χ1n) is 9.45. The monoisotopic (exact) mass is 360 g/mol. The molecule has 2 heterocycles. The summed E-state index contributed by atoms with van der Waals surface area (Å²) in [5, 5.41) is 9.18. The number of rotatable bonds is 7. The lowest BCUT2D eigenvalue weighted by Crippen LogP contribution is -2.45. The second kappa shape index (κ2) is 8.84. The van der Waals surface area contributed by atoms with Crippen LogP contribution >= 0.6 is 11.6 Å². The van der Waals surface area contributed by atoms with Crippen LogP contribution in [0, 0.1) is 0 Å². The Morgan fingerprint density at radius 2 is 2.04 bits per heavy atom. The van der Waals surface area contributed by atoms with Crippen molar-refractivity contribution < 1.29 is 0 Å². The Hall–Kier alpha value is -1.36. The number of piperidine rings is 1. The molecule has 1 aliphatic rings. The van der Waals surface area contributed by atoms with Crippen LogP contribution in [0.2, 0.25) is 5.02 Å². The molecule has 1 unspecified atom stereocenters. The van der Waals surface area contributed by atoms with E-state index in [0.717, 1.165) is 49.0 Å². The Kier molecular flexibility index (Phi) is 6.51. The summed E-state index contributed by atoms with van der Waals surface area (Å²) in [4.78, 5) is 2.55. The summed E-state index contributed by atoms with van der Waals surface area (Å²) in [7, 11) is 0. The lowest BCUT2D eigenvalue weighted by molar-refractivity contribution is 0.182. The van der Waals surface area contributed by atoms with Gasteiger partial charge in [0.25, 0.3) is 0 Å². The van der Waals surface area contributed by atoms with E-state index < -0.39 is 0 Å². The number of halogens is 1. The molecule has 1 saturated heterocycles.